The van der Waals surface area contributed by atoms with Gasteiger partial charge in [0.15, 0.2) is 5.82 Å². The minimum absolute atomic E-state index is 0.0705. The lowest BCUT2D eigenvalue weighted by Crippen LogP contribution is -2.53. The SMILES string of the molecule is O=C(O)c1ccc(N2CCN(Cc3cnc4c(c3)NC(=O)C3CSCCN43)CC2)cc1. The van der Waals surface area contributed by atoms with Crippen molar-refractivity contribution in [3.8, 4) is 0 Å². The summed E-state index contributed by atoms with van der Waals surface area (Å²) in [6, 6.07) is 9.02. The number of hydrogen-bond donors (Lipinski definition) is 2. The van der Waals surface area contributed by atoms with Crippen LogP contribution in [0.15, 0.2) is 36.5 Å². The number of hydrogen-bond acceptors (Lipinski definition) is 7. The van der Waals surface area contributed by atoms with Crippen molar-refractivity contribution in [1.29, 1.82) is 0 Å². The second-order valence-corrected chi connectivity index (χ2v) is 9.25. The molecule has 4 heterocycles. The van der Waals surface area contributed by atoms with Crippen molar-refractivity contribution in [2.45, 2.75) is 12.6 Å². The topological polar surface area (TPSA) is 89.0 Å². The predicted octanol–water partition coefficient (Wildman–Crippen LogP) is 1.98. The van der Waals surface area contributed by atoms with E-state index in [0.717, 1.165) is 73.5 Å². The maximum absolute atomic E-state index is 12.5. The molecule has 2 N–H and O–H groups in total. The van der Waals surface area contributed by atoms with Gasteiger partial charge in [-0.05, 0) is 35.9 Å². The van der Waals surface area contributed by atoms with Crippen LogP contribution in [0.4, 0.5) is 17.2 Å². The van der Waals surface area contributed by atoms with Gasteiger partial charge in [-0.3, -0.25) is 9.69 Å². The summed E-state index contributed by atoms with van der Waals surface area (Å²) in [5.41, 5.74) is 3.28. The molecule has 0 spiro atoms. The summed E-state index contributed by atoms with van der Waals surface area (Å²) < 4.78 is 0. The number of aromatic nitrogens is 1. The van der Waals surface area contributed by atoms with E-state index in [2.05, 4.69) is 26.1 Å². The van der Waals surface area contributed by atoms with Gasteiger partial charge in [-0.1, -0.05) is 0 Å². The van der Waals surface area contributed by atoms with Crippen LogP contribution in [-0.2, 0) is 11.3 Å². The van der Waals surface area contributed by atoms with Crippen LogP contribution >= 0.6 is 11.8 Å². The van der Waals surface area contributed by atoms with E-state index in [1.165, 1.54) is 0 Å². The maximum Gasteiger partial charge on any atom is 0.335 e. The fourth-order valence-electron chi connectivity index (χ4n) is 4.44. The highest BCUT2D eigenvalue weighted by molar-refractivity contribution is 7.99. The van der Waals surface area contributed by atoms with E-state index in [4.69, 9.17) is 10.1 Å². The van der Waals surface area contributed by atoms with Gasteiger partial charge < -0.3 is 20.2 Å². The van der Waals surface area contributed by atoms with Gasteiger partial charge in [0.25, 0.3) is 0 Å². The number of benzene rings is 1. The van der Waals surface area contributed by atoms with Crippen molar-refractivity contribution in [2.24, 2.45) is 0 Å². The molecule has 31 heavy (non-hydrogen) atoms. The fraction of sp³-hybridized carbons (Fsp3) is 0.409. The number of nitrogens with one attached hydrogen (secondary N) is 1. The van der Waals surface area contributed by atoms with Crippen LogP contribution in [0.1, 0.15) is 15.9 Å². The maximum atomic E-state index is 12.5. The number of carboxylic acid groups (broad SMARTS) is 1. The average molecular weight is 440 g/mol. The van der Waals surface area contributed by atoms with Crippen molar-refractivity contribution in [1.82, 2.24) is 9.88 Å². The summed E-state index contributed by atoms with van der Waals surface area (Å²) >= 11 is 1.82. The second-order valence-electron chi connectivity index (χ2n) is 8.10. The van der Waals surface area contributed by atoms with Crippen LogP contribution in [0.3, 0.4) is 0 Å². The van der Waals surface area contributed by atoms with Gasteiger partial charge in [-0.15, -0.1) is 0 Å². The average Bonchev–Trinajstić information content (AvgIpc) is 2.80. The monoisotopic (exact) mass is 439 g/mol. The highest BCUT2D eigenvalue weighted by atomic mass is 32.2. The Morgan fingerprint density at radius 2 is 1.94 bits per heavy atom. The number of pyridine rings is 1. The molecule has 1 aromatic carbocycles. The van der Waals surface area contributed by atoms with Gasteiger partial charge in [0.2, 0.25) is 5.91 Å². The molecule has 1 unspecified atom stereocenters. The first-order chi connectivity index (χ1) is 15.1. The molecule has 0 saturated carbocycles. The molecular formula is C22H25N5O3S. The molecule has 9 heteroatoms. The van der Waals surface area contributed by atoms with E-state index in [0.29, 0.717) is 5.56 Å². The molecular weight excluding hydrogens is 414 g/mol. The van der Waals surface area contributed by atoms with Crippen molar-refractivity contribution >= 4 is 40.8 Å². The number of rotatable bonds is 4. The Morgan fingerprint density at radius 1 is 1.16 bits per heavy atom. The number of fused-ring (bicyclic) bond motifs is 3. The molecule has 2 saturated heterocycles. The quantitative estimate of drug-likeness (QED) is 0.748. The minimum atomic E-state index is -0.902. The van der Waals surface area contributed by atoms with Crippen molar-refractivity contribution < 1.29 is 14.7 Å². The van der Waals surface area contributed by atoms with Crippen LogP contribution in [-0.4, -0.2) is 77.1 Å². The summed E-state index contributed by atoms with van der Waals surface area (Å²) in [5.74, 6) is 1.90. The van der Waals surface area contributed by atoms with Gasteiger partial charge in [0.05, 0.1) is 11.3 Å². The van der Waals surface area contributed by atoms with Crippen LogP contribution in [0, 0.1) is 0 Å². The first-order valence-electron chi connectivity index (χ1n) is 10.5. The highest BCUT2D eigenvalue weighted by Crippen LogP contribution is 2.34. The van der Waals surface area contributed by atoms with Crippen LogP contribution < -0.4 is 15.1 Å². The predicted molar refractivity (Wildman–Crippen MR) is 122 cm³/mol. The van der Waals surface area contributed by atoms with E-state index >= 15 is 0 Å². The first-order valence-corrected chi connectivity index (χ1v) is 11.7. The highest BCUT2D eigenvalue weighted by Gasteiger charge is 2.36. The normalized spacial score (nSPS) is 21.3. The molecule has 0 radical (unpaired) electrons. The summed E-state index contributed by atoms with van der Waals surface area (Å²) in [6.45, 7) is 5.24. The summed E-state index contributed by atoms with van der Waals surface area (Å²) in [6.07, 6.45) is 1.94. The number of nitrogens with zero attached hydrogens (tertiary/aromatic N) is 4. The Morgan fingerprint density at radius 3 is 2.68 bits per heavy atom. The second kappa shape index (κ2) is 8.39. The number of carboxylic acids is 1. The Bertz CT molecular complexity index is 991. The van der Waals surface area contributed by atoms with Crippen molar-refractivity contribution in [2.75, 3.05) is 59.3 Å². The van der Waals surface area contributed by atoms with Gasteiger partial charge in [-0.25, -0.2) is 9.78 Å². The fourth-order valence-corrected chi connectivity index (χ4v) is 5.48. The van der Waals surface area contributed by atoms with Gasteiger partial charge in [0, 0.05) is 62.7 Å². The van der Waals surface area contributed by atoms with E-state index in [9.17, 15) is 9.59 Å². The third kappa shape index (κ3) is 4.07. The third-order valence-electron chi connectivity index (χ3n) is 6.14. The van der Waals surface area contributed by atoms with E-state index in [-0.39, 0.29) is 11.9 Å². The molecule has 8 nitrogen and oxygen atoms in total. The molecule has 162 valence electrons. The summed E-state index contributed by atoms with van der Waals surface area (Å²) in [5, 5.41) is 12.1. The molecule has 0 aliphatic carbocycles. The van der Waals surface area contributed by atoms with Gasteiger partial charge >= 0.3 is 5.97 Å². The number of piperazine rings is 1. The smallest absolute Gasteiger partial charge is 0.335 e. The van der Waals surface area contributed by atoms with Crippen molar-refractivity contribution in [3.63, 3.8) is 0 Å². The number of carbonyl (C=O) groups is 2. The molecule has 2 aromatic rings. The number of anilines is 3. The standard InChI is InChI=1S/C22H25N5O3S/c28-21-19-14-31-10-9-27(19)20-18(24-21)11-15(12-23-20)13-25-5-7-26(8-6-25)17-3-1-16(2-4-17)22(29)30/h1-4,11-12,19H,5-10,13-14H2,(H,24,28)(H,29,30). The molecule has 5 rings (SSSR count). The van der Waals surface area contributed by atoms with Crippen LogP contribution in [0.2, 0.25) is 0 Å². The molecule has 1 amide bonds. The zero-order valence-corrected chi connectivity index (χ0v) is 18.0. The van der Waals surface area contributed by atoms with Crippen molar-refractivity contribution in [3.05, 3.63) is 47.7 Å². The molecule has 3 aliphatic rings. The molecule has 3 aliphatic heterocycles. The molecule has 0 bridgehead atoms. The number of carbonyl (C=O) groups excluding carboxylic acids is 1. The Labute approximate surface area is 185 Å². The number of amides is 1. The van der Waals surface area contributed by atoms with Crippen LogP contribution in [0.25, 0.3) is 0 Å². The molecule has 2 fully saturated rings. The van der Waals surface area contributed by atoms with Gasteiger partial charge in [0.1, 0.15) is 6.04 Å². The van der Waals surface area contributed by atoms with Crippen LogP contribution in [0.5, 0.6) is 0 Å². The van der Waals surface area contributed by atoms with Gasteiger partial charge in [-0.2, -0.15) is 11.8 Å². The van der Waals surface area contributed by atoms with E-state index in [1.54, 1.807) is 12.1 Å². The Hall–Kier alpha value is -2.78. The lowest BCUT2D eigenvalue weighted by molar-refractivity contribution is -0.117. The molecule has 1 aromatic heterocycles. The summed E-state index contributed by atoms with van der Waals surface area (Å²) in [7, 11) is 0. The molecule has 1 atom stereocenters. The van der Waals surface area contributed by atoms with E-state index < -0.39 is 5.97 Å². The summed E-state index contributed by atoms with van der Waals surface area (Å²) in [4.78, 5) is 35.0. The number of aromatic carboxylic acids is 1. The Kier molecular flexibility index (Phi) is 5.45. The lowest BCUT2D eigenvalue weighted by atomic mass is 10.1. The third-order valence-corrected chi connectivity index (χ3v) is 7.16. The lowest BCUT2D eigenvalue weighted by Gasteiger charge is -2.40. The largest absolute Gasteiger partial charge is 0.478 e. The minimum Gasteiger partial charge on any atom is -0.478 e. The zero-order valence-electron chi connectivity index (χ0n) is 17.2. The first kappa shape index (κ1) is 20.1. The Balaban J connectivity index is 1.21. The zero-order chi connectivity index (χ0) is 21.4. The number of thioether (sulfide) groups is 1. The van der Waals surface area contributed by atoms with E-state index in [1.807, 2.05) is 30.1 Å².